The van der Waals surface area contributed by atoms with Crippen LogP contribution in [0.1, 0.15) is 0 Å². The predicted octanol–water partition coefficient (Wildman–Crippen LogP) is -2.04. The van der Waals surface area contributed by atoms with E-state index >= 15 is 0 Å². The molecule has 0 saturated heterocycles. The Bertz CT molecular complexity index is 470. The Balaban J connectivity index is 0.00000162. The van der Waals surface area contributed by atoms with Crippen LogP contribution in [-0.2, 0) is 0 Å². The van der Waals surface area contributed by atoms with Crippen molar-refractivity contribution in [1.82, 2.24) is 9.91 Å². The van der Waals surface area contributed by atoms with Crippen LogP contribution in [0.25, 0.3) is 0 Å². The van der Waals surface area contributed by atoms with Crippen LogP contribution in [0.3, 0.4) is 0 Å². The van der Waals surface area contributed by atoms with Crippen molar-refractivity contribution in [1.29, 1.82) is 0 Å². The van der Waals surface area contributed by atoms with E-state index in [2.05, 4.69) is 6.58 Å². The fourth-order valence-electron chi connectivity index (χ4n) is 1.94. The number of nitrogens with zero attached hydrogens (tertiary/aromatic N) is 3. The van der Waals surface area contributed by atoms with E-state index < -0.39 is 0 Å². The van der Waals surface area contributed by atoms with Gasteiger partial charge in [-0.1, -0.05) is 24.8 Å². The summed E-state index contributed by atoms with van der Waals surface area (Å²) in [5, 5.41) is 15.7. The maximum Gasteiger partial charge on any atom is 1.00 e. The summed E-state index contributed by atoms with van der Waals surface area (Å²) in [6, 6.07) is 9.55. The van der Waals surface area contributed by atoms with Crippen LogP contribution in [0.5, 0.6) is 0 Å². The largest absolute Gasteiger partial charge is 1.00 e. The summed E-state index contributed by atoms with van der Waals surface area (Å²) in [6.45, 7) is 3.95. The summed E-state index contributed by atoms with van der Waals surface area (Å²) in [7, 11) is 5.53. The minimum atomic E-state index is -0.0475. The van der Waals surface area contributed by atoms with Crippen LogP contribution in [0.2, 0.25) is 0 Å². The molecule has 1 aromatic carbocycles. The molecule has 1 aromatic rings. The Morgan fingerprint density at radius 2 is 1.72 bits per heavy atom. The minimum absolute atomic E-state index is 0. The first-order chi connectivity index (χ1) is 8.04. The number of para-hydroxylation sites is 1. The molecule has 90 valence electrons. The SMILES string of the molecule is C=C1C(N(C)C)=C([O-])N(c2ccccc2)N1C.[Na+]. The van der Waals surface area contributed by atoms with E-state index in [1.807, 2.05) is 51.5 Å². The van der Waals surface area contributed by atoms with E-state index in [4.69, 9.17) is 0 Å². The summed E-state index contributed by atoms with van der Waals surface area (Å²) in [5.41, 5.74) is 2.18. The van der Waals surface area contributed by atoms with Crippen LogP contribution in [0.4, 0.5) is 5.69 Å². The Kier molecular flexibility index (Phi) is 4.73. The van der Waals surface area contributed by atoms with Gasteiger partial charge in [0.2, 0.25) is 0 Å². The maximum absolute atomic E-state index is 12.3. The zero-order valence-electron chi connectivity index (χ0n) is 11.3. The fourth-order valence-corrected chi connectivity index (χ4v) is 1.94. The maximum atomic E-state index is 12.3. The Labute approximate surface area is 130 Å². The summed E-state index contributed by atoms with van der Waals surface area (Å²) >= 11 is 0. The van der Waals surface area contributed by atoms with Gasteiger partial charge < -0.3 is 10.0 Å². The first-order valence-electron chi connectivity index (χ1n) is 5.40. The molecule has 0 aliphatic carbocycles. The number of likely N-dealkylation sites (N-methyl/N-ethyl adjacent to an activating group) is 2. The zero-order chi connectivity index (χ0) is 12.6. The van der Waals surface area contributed by atoms with Crippen LogP contribution >= 0.6 is 0 Å². The molecule has 4 nitrogen and oxygen atoms in total. The number of hydrazine groups is 1. The van der Waals surface area contributed by atoms with Crippen molar-refractivity contribution < 1.29 is 34.7 Å². The van der Waals surface area contributed by atoms with E-state index in [9.17, 15) is 5.11 Å². The quantitative estimate of drug-likeness (QED) is 0.569. The molecular formula is C13H16N3NaO. The fraction of sp³-hybridized carbons (Fsp3) is 0.231. The molecule has 1 aliphatic heterocycles. The Morgan fingerprint density at radius 3 is 2.17 bits per heavy atom. The van der Waals surface area contributed by atoms with Gasteiger partial charge >= 0.3 is 29.6 Å². The van der Waals surface area contributed by atoms with Gasteiger partial charge in [-0.25, -0.2) is 0 Å². The third-order valence-electron chi connectivity index (χ3n) is 2.81. The molecule has 1 heterocycles. The zero-order valence-corrected chi connectivity index (χ0v) is 13.3. The number of hydrogen-bond donors (Lipinski definition) is 0. The monoisotopic (exact) mass is 253 g/mol. The van der Waals surface area contributed by atoms with Gasteiger partial charge in [-0.3, -0.25) is 10.0 Å². The summed E-state index contributed by atoms with van der Waals surface area (Å²) in [4.78, 5) is 1.80. The van der Waals surface area contributed by atoms with Crippen molar-refractivity contribution in [3.05, 3.63) is 54.2 Å². The van der Waals surface area contributed by atoms with Gasteiger partial charge in [0.25, 0.3) is 0 Å². The smallest absolute Gasteiger partial charge is 0.857 e. The van der Waals surface area contributed by atoms with Crippen molar-refractivity contribution in [2.24, 2.45) is 0 Å². The van der Waals surface area contributed by atoms with Crippen molar-refractivity contribution in [2.75, 3.05) is 26.2 Å². The molecule has 2 rings (SSSR count). The summed E-state index contributed by atoms with van der Waals surface area (Å²) in [6.07, 6.45) is 0. The molecule has 0 atom stereocenters. The van der Waals surface area contributed by atoms with Gasteiger partial charge in [0.15, 0.2) is 0 Å². The third kappa shape index (κ3) is 2.36. The number of rotatable bonds is 2. The second-order valence-electron chi connectivity index (χ2n) is 4.17. The average Bonchev–Trinajstić information content (AvgIpc) is 2.51. The summed E-state index contributed by atoms with van der Waals surface area (Å²) < 4.78 is 0. The topological polar surface area (TPSA) is 32.8 Å². The first kappa shape index (κ1) is 15.0. The molecule has 0 N–H and O–H groups in total. The van der Waals surface area contributed by atoms with Gasteiger partial charge in [-0.05, 0) is 12.1 Å². The van der Waals surface area contributed by atoms with Gasteiger partial charge in [-0.15, -0.1) is 0 Å². The summed E-state index contributed by atoms with van der Waals surface area (Å²) in [5.74, 6) is -0.0475. The van der Waals surface area contributed by atoms with E-state index in [1.165, 1.54) is 0 Å². The number of anilines is 1. The first-order valence-corrected chi connectivity index (χ1v) is 5.40. The molecule has 0 spiro atoms. The van der Waals surface area contributed by atoms with Crippen molar-refractivity contribution in [3.63, 3.8) is 0 Å². The van der Waals surface area contributed by atoms with Crippen molar-refractivity contribution >= 4 is 5.69 Å². The third-order valence-corrected chi connectivity index (χ3v) is 2.81. The predicted molar refractivity (Wildman–Crippen MR) is 66.5 cm³/mol. The average molecular weight is 253 g/mol. The second-order valence-corrected chi connectivity index (χ2v) is 4.17. The molecule has 0 unspecified atom stereocenters. The molecule has 0 bridgehead atoms. The van der Waals surface area contributed by atoms with Crippen LogP contribution < -0.4 is 39.7 Å². The van der Waals surface area contributed by atoms with Gasteiger partial charge in [0.05, 0.1) is 17.1 Å². The molecule has 0 fully saturated rings. The standard InChI is InChI=1S/C13H17N3O.Na/c1-10-12(14(2)3)13(17)16(15(10)4)11-8-6-5-7-9-11;/h5-9,17H,1H2,2-4H3;/q;+1/p-1. The number of benzene rings is 1. The van der Waals surface area contributed by atoms with Crippen molar-refractivity contribution in [2.45, 2.75) is 0 Å². The van der Waals surface area contributed by atoms with Crippen LogP contribution in [0, 0.1) is 0 Å². The van der Waals surface area contributed by atoms with E-state index in [0.29, 0.717) is 11.4 Å². The van der Waals surface area contributed by atoms with E-state index in [1.54, 1.807) is 14.9 Å². The molecule has 18 heavy (non-hydrogen) atoms. The molecule has 5 heteroatoms. The van der Waals surface area contributed by atoms with Crippen LogP contribution in [-0.4, -0.2) is 31.1 Å². The van der Waals surface area contributed by atoms with Crippen molar-refractivity contribution in [3.8, 4) is 0 Å². The van der Waals surface area contributed by atoms with Gasteiger partial charge in [0.1, 0.15) is 0 Å². The normalized spacial score (nSPS) is 14.9. The Hall–Kier alpha value is -1.10. The Morgan fingerprint density at radius 1 is 1.17 bits per heavy atom. The number of hydrogen-bond acceptors (Lipinski definition) is 4. The van der Waals surface area contributed by atoms with Gasteiger partial charge in [0, 0.05) is 27.0 Å². The molecular weight excluding hydrogens is 237 g/mol. The second kappa shape index (κ2) is 5.69. The molecule has 0 aromatic heterocycles. The molecule has 1 aliphatic rings. The molecule has 0 radical (unpaired) electrons. The van der Waals surface area contributed by atoms with E-state index in [0.717, 1.165) is 5.69 Å². The van der Waals surface area contributed by atoms with E-state index in [-0.39, 0.29) is 35.4 Å². The minimum Gasteiger partial charge on any atom is -0.857 e. The molecule has 0 saturated carbocycles. The van der Waals surface area contributed by atoms with Gasteiger partial charge in [-0.2, -0.15) is 0 Å². The van der Waals surface area contributed by atoms with Crippen LogP contribution in [0.15, 0.2) is 54.2 Å². The molecule has 0 amide bonds.